The SMILES string of the molecule is c1ccc2c(-c3cccc4oc5ccccc5c34)cc(-c3nc(-c4ccc5cc6c(cc5c4)oc4ccccc46)nc(-c4ccc5ccc6ccccc6c5c4)n3)cc2c1. The molecular formula is C55H31N3O2. The first-order chi connectivity index (χ1) is 29.7. The van der Waals surface area contributed by atoms with E-state index >= 15 is 0 Å². The molecule has 0 aliphatic carbocycles. The quantitative estimate of drug-likeness (QED) is 0.167. The van der Waals surface area contributed by atoms with Gasteiger partial charge < -0.3 is 8.83 Å². The van der Waals surface area contributed by atoms with Gasteiger partial charge in [0.15, 0.2) is 17.5 Å². The summed E-state index contributed by atoms with van der Waals surface area (Å²) in [5, 5.41) is 13.5. The zero-order valence-corrected chi connectivity index (χ0v) is 32.1. The number of benzene rings is 10. The van der Waals surface area contributed by atoms with E-state index in [2.05, 4.69) is 158 Å². The maximum Gasteiger partial charge on any atom is 0.164 e. The number of aromatic nitrogens is 3. The second-order valence-electron chi connectivity index (χ2n) is 15.6. The molecule has 0 fully saturated rings. The summed E-state index contributed by atoms with van der Waals surface area (Å²) < 4.78 is 12.7. The highest BCUT2D eigenvalue weighted by atomic mass is 16.3. The molecule has 0 saturated carbocycles. The second kappa shape index (κ2) is 12.7. The Balaban J connectivity index is 1.05. The molecule has 0 N–H and O–H groups in total. The fraction of sp³-hybridized carbons (Fsp3) is 0. The Morgan fingerprint density at radius 1 is 0.267 bits per heavy atom. The summed E-state index contributed by atoms with van der Waals surface area (Å²) in [5.41, 5.74) is 8.35. The van der Waals surface area contributed by atoms with Crippen LogP contribution in [-0.2, 0) is 0 Å². The van der Waals surface area contributed by atoms with Crippen LogP contribution in [0.1, 0.15) is 0 Å². The third-order valence-corrected chi connectivity index (χ3v) is 12.0. The second-order valence-corrected chi connectivity index (χ2v) is 15.6. The number of nitrogens with zero attached hydrogens (tertiary/aromatic N) is 3. The third-order valence-electron chi connectivity index (χ3n) is 12.0. The minimum absolute atomic E-state index is 0.595. The number of hydrogen-bond donors (Lipinski definition) is 0. The monoisotopic (exact) mass is 765 g/mol. The number of para-hydroxylation sites is 2. The maximum atomic E-state index is 6.36. The van der Waals surface area contributed by atoms with Gasteiger partial charge in [-0.25, -0.2) is 15.0 Å². The zero-order chi connectivity index (χ0) is 39.3. The van der Waals surface area contributed by atoms with Gasteiger partial charge in [0.1, 0.15) is 22.3 Å². The topological polar surface area (TPSA) is 65.0 Å². The van der Waals surface area contributed by atoms with E-state index in [4.69, 9.17) is 23.8 Å². The molecule has 13 rings (SSSR count). The van der Waals surface area contributed by atoms with Crippen molar-refractivity contribution in [3.8, 4) is 45.3 Å². The maximum absolute atomic E-state index is 6.36. The average Bonchev–Trinajstić information content (AvgIpc) is 3.88. The van der Waals surface area contributed by atoms with Gasteiger partial charge in [-0.2, -0.15) is 0 Å². The molecule has 0 spiro atoms. The summed E-state index contributed by atoms with van der Waals surface area (Å²) >= 11 is 0. The van der Waals surface area contributed by atoms with Gasteiger partial charge in [-0.05, 0) is 109 Å². The molecule has 0 aliphatic heterocycles. The van der Waals surface area contributed by atoms with Gasteiger partial charge >= 0.3 is 0 Å². The van der Waals surface area contributed by atoms with E-state index < -0.39 is 0 Å². The van der Waals surface area contributed by atoms with Crippen LogP contribution in [0.2, 0.25) is 0 Å². The lowest BCUT2D eigenvalue weighted by Gasteiger charge is -2.14. The van der Waals surface area contributed by atoms with Crippen molar-refractivity contribution in [1.82, 2.24) is 15.0 Å². The smallest absolute Gasteiger partial charge is 0.164 e. The average molecular weight is 766 g/mol. The Hall–Kier alpha value is -8.15. The van der Waals surface area contributed by atoms with Crippen LogP contribution in [0.15, 0.2) is 197 Å². The molecule has 60 heavy (non-hydrogen) atoms. The van der Waals surface area contributed by atoms with Gasteiger partial charge in [-0.15, -0.1) is 0 Å². The van der Waals surface area contributed by atoms with Crippen molar-refractivity contribution in [1.29, 1.82) is 0 Å². The predicted molar refractivity (Wildman–Crippen MR) is 246 cm³/mol. The van der Waals surface area contributed by atoms with E-state index in [1.165, 1.54) is 16.2 Å². The van der Waals surface area contributed by atoms with E-state index in [9.17, 15) is 0 Å². The lowest BCUT2D eigenvalue weighted by molar-refractivity contribution is 0.669. The van der Waals surface area contributed by atoms with Gasteiger partial charge in [0.05, 0.1) is 0 Å². The fourth-order valence-corrected chi connectivity index (χ4v) is 9.17. The van der Waals surface area contributed by atoms with E-state index in [0.29, 0.717) is 17.5 Å². The Bertz CT molecular complexity index is 3910. The largest absolute Gasteiger partial charge is 0.456 e. The Labute approximate surface area is 342 Å². The highest BCUT2D eigenvalue weighted by Crippen LogP contribution is 2.42. The first-order valence-corrected chi connectivity index (χ1v) is 20.2. The van der Waals surface area contributed by atoms with Crippen LogP contribution in [-0.4, -0.2) is 15.0 Å². The minimum Gasteiger partial charge on any atom is -0.456 e. The van der Waals surface area contributed by atoms with Crippen LogP contribution in [0.25, 0.3) is 132 Å². The number of hydrogen-bond acceptors (Lipinski definition) is 5. The molecule has 5 nitrogen and oxygen atoms in total. The van der Waals surface area contributed by atoms with E-state index in [1.54, 1.807) is 0 Å². The molecule has 3 aromatic heterocycles. The zero-order valence-electron chi connectivity index (χ0n) is 32.1. The molecule has 10 aromatic carbocycles. The van der Waals surface area contributed by atoms with Crippen molar-refractivity contribution in [2.24, 2.45) is 0 Å². The van der Waals surface area contributed by atoms with Crippen molar-refractivity contribution < 1.29 is 8.83 Å². The van der Waals surface area contributed by atoms with E-state index in [-0.39, 0.29) is 0 Å². The van der Waals surface area contributed by atoms with Crippen LogP contribution >= 0.6 is 0 Å². The molecule has 3 heterocycles. The molecule has 0 aliphatic rings. The van der Waals surface area contributed by atoms with Gasteiger partial charge in [-0.3, -0.25) is 0 Å². The van der Waals surface area contributed by atoms with Crippen LogP contribution in [0.5, 0.6) is 0 Å². The van der Waals surface area contributed by atoms with Crippen molar-refractivity contribution in [2.45, 2.75) is 0 Å². The first kappa shape index (κ1) is 32.9. The Morgan fingerprint density at radius 2 is 0.833 bits per heavy atom. The van der Waals surface area contributed by atoms with Gasteiger partial charge in [0.2, 0.25) is 0 Å². The minimum atomic E-state index is 0.595. The summed E-state index contributed by atoms with van der Waals surface area (Å²) in [4.78, 5) is 15.8. The van der Waals surface area contributed by atoms with Crippen molar-refractivity contribution in [3.05, 3.63) is 188 Å². The van der Waals surface area contributed by atoms with Crippen LogP contribution in [0, 0.1) is 0 Å². The molecule has 5 heteroatoms. The molecular weight excluding hydrogens is 735 g/mol. The van der Waals surface area contributed by atoms with Gasteiger partial charge in [-0.1, -0.05) is 133 Å². The van der Waals surface area contributed by atoms with Gasteiger partial charge in [0.25, 0.3) is 0 Å². The molecule has 0 amide bonds. The molecule has 278 valence electrons. The molecule has 0 atom stereocenters. The highest BCUT2D eigenvalue weighted by molar-refractivity contribution is 6.16. The van der Waals surface area contributed by atoms with Crippen molar-refractivity contribution in [3.63, 3.8) is 0 Å². The summed E-state index contributed by atoms with van der Waals surface area (Å²) in [6.07, 6.45) is 0. The Kier molecular flexibility index (Phi) is 6.95. The summed E-state index contributed by atoms with van der Waals surface area (Å²) in [7, 11) is 0. The number of rotatable bonds is 4. The lowest BCUT2D eigenvalue weighted by atomic mass is 9.92. The standard InChI is InChI=1S/C55H31N3O2/c1-3-12-40-32(10-1)20-21-33-22-24-37(29-45(33)40)54-56-53(36-25-23-34-28-47-42-14-5-7-17-48(42)60-51(47)31-38(34)27-36)57-55(58-54)39-26-35-11-2-4-13-41(35)46(30-39)43-16-9-19-50-52(43)44-15-6-8-18-49(44)59-50/h1-31H. The van der Waals surface area contributed by atoms with Crippen LogP contribution in [0.3, 0.4) is 0 Å². The molecule has 0 unspecified atom stereocenters. The summed E-state index contributed by atoms with van der Waals surface area (Å²) in [5.74, 6) is 1.80. The number of fused-ring (bicyclic) bond motifs is 11. The third kappa shape index (κ3) is 5.09. The first-order valence-electron chi connectivity index (χ1n) is 20.2. The summed E-state index contributed by atoms with van der Waals surface area (Å²) in [6.45, 7) is 0. The molecule has 13 aromatic rings. The van der Waals surface area contributed by atoms with Crippen molar-refractivity contribution >= 4 is 87.0 Å². The molecule has 0 bridgehead atoms. The van der Waals surface area contributed by atoms with Crippen LogP contribution < -0.4 is 0 Å². The summed E-state index contributed by atoms with van der Waals surface area (Å²) in [6, 6.07) is 65.9. The Morgan fingerprint density at radius 3 is 1.65 bits per heavy atom. The fourth-order valence-electron chi connectivity index (χ4n) is 9.17. The molecule has 0 radical (unpaired) electrons. The lowest BCUT2D eigenvalue weighted by Crippen LogP contribution is -2.01. The normalized spacial score (nSPS) is 12.0. The van der Waals surface area contributed by atoms with Gasteiger partial charge in [0, 0.05) is 38.2 Å². The van der Waals surface area contributed by atoms with E-state index in [1.807, 2.05) is 30.3 Å². The van der Waals surface area contributed by atoms with Crippen LogP contribution in [0.4, 0.5) is 0 Å². The number of furan rings is 2. The van der Waals surface area contributed by atoms with Crippen molar-refractivity contribution in [2.75, 3.05) is 0 Å². The van der Waals surface area contributed by atoms with E-state index in [0.717, 1.165) is 98.6 Å². The highest BCUT2D eigenvalue weighted by Gasteiger charge is 2.19. The predicted octanol–water partition coefficient (Wildman–Crippen LogP) is 15.0. The molecule has 0 saturated heterocycles.